The van der Waals surface area contributed by atoms with E-state index in [9.17, 15) is 0 Å². The molecule has 1 aliphatic carbocycles. The Morgan fingerprint density at radius 1 is 1.25 bits per heavy atom. The highest BCUT2D eigenvalue weighted by molar-refractivity contribution is 5.47. The minimum atomic E-state index is 0.624. The van der Waals surface area contributed by atoms with Crippen LogP contribution in [-0.4, -0.2) is 19.7 Å². The van der Waals surface area contributed by atoms with E-state index in [4.69, 9.17) is 4.74 Å². The van der Waals surface area contributed by atoms with E-state index in [-0.39, 0.29) is 0 Å². The van der Waals surface area contributed by atoms with Gasteiger partial charge >= 0.3 is 0 Å². The molecule has 3 atom stereocenters. The van der Waals surface area contributed by atoms with Crippen LogP contribution in [0.25, 0.3) is 0 Å². The lowest BCUT2D eigenvalue weighted by Crippen LogP contribution is -2.32. The molecule has 2 nitrogen and oxygen atoms in total. The third-order valence-corrected chi connectivity index (χ3v) is 5.03. The zero-order valence-electron chi connectivity index (χ0n) is 13.6. The SMILES string of the molecule is CCCNC1CCC(c2ccc(C)c(C)c2OC)C1C. The molecule has 1 fully saturated rings. The molecule has 1 saturated carbocycles. The summed E-state index contributed by atoms with van der Waals surface area (Å²) in [4.78, 5) is 0. The molecule has 1 aromatic rings. The molecule has 0 spiro atoms. The Balaban J connectivity index is 2.22. The molecule has 0 aliphatic heterocycles. The minimum absolute atomic E-state index is 0.624. The molecule has 1 N–H and O–H groups in total. The van der Waals surface area contributed by atoms with Gasteiger partial charge in [-0.25, -0.2) is 0 Å². The van der Waals surface area contributed by atoms with E-state index in [1.807, 2.05) is 0 Å². The second-order valence-corrected chi connectivity index (χ2v) is 6.23. The molecule has 0 bridgehead atoms. The first-order chi connectivity index (χ1) is 9.60. The Morgan fingerprint density at radius 3 is 2.65 bits per heavy atom. The molecule has 112 valence electrons. The Labute approximate surface area is 123 Å². The van der Waals surface area contributed by atoms with E-state index < -0.39 is 0 Å². The molecule has 0 saturated heterocycles. The van der Waals surface area contributed by atoms with Crippen LogP contribution in [0, 0.1) is 19.8 Å². The Hall–Kier alpha value is -1.02. The van der Waals surface area contributed by atoms with Gasteiger partial charge in [-0.15, -0.1) is 0 Å². The predicted octanol–water partition coefficient (Wildman–Crippen LogP) is 4.19. The van der Waals surface area contributed by atoms with Gasteiger partial charge in [-0.3, -0.25) is 0 Å². The van der Waals surface area contributed by atoms with Crippen LogP contribution >= 0.6 is 0 Å². The number of rotatable bonds is 5. The lowest BCUT2D eigenvalue weighted by Gasteiger charge is -2.24. The predicted molar refractivity (Wildman–Crippen MR) is 85.7 cm³/mol. The Bertz CT molecular complexity index is 455. The van der Waals surface area contributed by atoms with Crippen LogP contribution in [0.5, 0.6) is 5.75 Å². The van der Waals surface area contributed by atoms with Crippen LogP contribution < -0.4 is 10.1 Å². The monoisotopic (exact) mass is 275 g/mol. The van der Waals surface area contributed by atoms with Gasteiger partial charge in [0.25, 0.3) is 0 Å². The third-order valence-electron chi connectivity index (χ3n) is 5.03. The first kappa shape index (κ1) is 15.4. The van der Waals surface area contributed by atoms with Crippen molar-refractivity contribution in [3.8, 4) is 5.75 Å². The molecule has 0 radical (unpaired) electrons. The highest BCUT2D eigenvalue weighted by Crippen LogP contribution is 2.44. The van der Waals surface area contributed by atoms with E-state index >= 15 is 0 Å². The molecule has 0 heterocycles. The molecule has 1 aliphatic rings. The van der Waals surface area contributed by atoms with Gasteiger partial charge in [0, 0.05) is 6.04 Å². The summed E-state index contributed by atoms with van der Waals surface area (Å²) in [7, 11) is 1.80. The minimum Gasteiger partial charge on any atom is -0.496 e. The van der Waals surface area contributed by atoms with E-state index in [1.54, 1.807) is 7.11 Å². The summed E-state index contributed by atoms with van der Waals surface area (Å²) in [6.45, 7) is 10.1. The number of ether oxygens (including phenoxy) is 1. The molecule has 0 aromatic heterocycles. The van der Waals surface area contributed by atoms with Crippen molar-refractivity contribution >= 4 is 0 Å². The number of methoxy groups -OCH3 is 1. The van der Waals surface area contributed by atoms with E-state index in [1.165, 1.54) is 36.0 Å². The number of nitrogens with one attached hydrogen (secondary N) is 1. The lowest BCUT2D eigenvalue weighted by atomic mass is 9.86. The van der Waals surface area contributed by atoms with Crippen molar-refractivity contribution in [2.75, 3.05) is 13.7 Å². The van der Waals surface area contributed by atoms with Gasteiger partial charge in [-0.1, -0.05) is 26.0 Å². The highest BCUT2D eigenvalue weighted by atomic mass is 16.5. The smallest absolute Gasteiger partial charge is 0.125 e. The van der Waals surface area contributed by atoms with Crippen molar-refractivity contribution < 1.29 is 4.74 Å². The van der Waals surface area contributed by atoms with Gasteiger partial charge in [0.2, 0.25) is 0 Å². The van der Waals surface area contributed by atoms with Crippen molar-refractivity contribution in [3.63, 3.8) is 0 Å². The van der Waals surface area contributed by atoms with Gasteiger partial charge in [0.05, 0.1) is 7.11 Å². The molecule has 2 rings (SSSR count). The summed E-state index contributed by atoms with van der Waals surface area (Å²) >= 11 is 0. The Kier molecular flexibility index (Phi) is 5.09. The fraction of sp³-hybridized carbons (Fsp3) is 0.667. The molecule has 1 aromatic carbocycles. The zero-order valence-corrected chi connectivity index (χ0v) is 13.6. The van der Waals surface area contributed by atoms with Gasteiger partial charge in [-0.05, 0) is 68.2 Å². The van der Waals surface area contributed by atoms with E-state index in [0.29, 0.717) is 17.9 Å². The fourth-order valence-corrected chi connectivity index (χ4v) is 3.60. The summed E-state index contributed by atoms with van der Waals surface area (Å²) in [6.07, 6.45) is 3.75. The quantitative estimate of drug-likeness (QED) is 0.870. The molecule has 3 unspecified atom stereocenters. The van der Waals surface area contributed by atoms with Crippen LogP contribution in [0.1, 0.15) is 55.7 Å². The molecular weight excluding hydrogens is 246 g/mol. The first-order valence-electron chi connectivity index (χ1n) is 7.97. The number of hydrogen-bond acceptors (Lipinski definition) is 2. The van der Waals surface area contributed by atoms with Crippen LogP contribution in [0.15, 0.2) is 12.1 Å². The lowest BCUT2D eigenvalue weighted by molar-refractivity contribution is 0.378. The van der Waals surface area contributed by atoms with Gasteiger partial charge in [-0.2, -0.15) is 0 Å². The fourth-order valence-electron chi connectivity index (χ4n) is 3.60. The summed E-state index contributed by atoms with van der Waals surface area (Å²) in [5.74, 6) is 2.41. The maximum atomic E-state index is 5.71. The maximum absolute atomic E-state index is 5.71. The van der Waals surface area contributed by atoms with Gasteiger partial charge in [0.15, 0.2) is 0 Å². The molecular formula is C18H29NO. The maximum Gasteiger partial charge on any atom is 0.125 e. The van der Waals surface area contributed by atoms with Crippen LogP contribution in [0.4, 0.5) is 0 Å². The van der Waals surface area contributed by atoms with Crippen molar-refractivity contribution in [3.05, 3.63) is 28.8 Å². The van der Waals surface area contributed by atoms with Crippen molar-refractivity contribution in [1.82, 2.24) is 5.32 Å². The molecule has 2 heteroatoms. The summed E-state index contributed by atoms with van der Waals surface area (Å²) < 4.78 is 5.71. The van der Waals surface area contributed by atoms with E-state index in [2.05, 4.69) is 45.1 Å². The average Bonchev–Trinajstić information content (AvgIpc) is 2.80. The number of benzene rings is 1. The van der Waals surface area contributed by atoms with Crippen molar-refractivity contribution in [2.24, 2.45) is 5.92 Å². The third kappa shape index (κ3) is 2.85. The summed E-state index contributed by atoms with van der Waals surface area (Å²) in [5, 5.41) is 3.70. The standard InChI is InChI=1S/C18H29NO/c1-6-11-19-17-10-9-15(14(17)4)16-8-7-12(2)13(3)18(16)20-5/h7-8,14-15,17,19H,6,9-11H2,1-5H3. The highest BCUT2D eigenvalue weighted by Gasteiger charge is 2.35. The van der Waals surface area contributed by atoms with Gasteiger partial charge in [0.1, 0.15) is 5.75 Å². The summed E-state index contributed by atoms with van der Waals surface area (Å²) in [6, 6.07) is 5.18. The molecule has 0 amide bonds. The first-order valence-corrected chi connectivity index (χ1v) is 7.97. The topological polar surface area (TPSA) is 21.3 Å². The Morgan fingerprint density at radius 2 is 2.00 bits per heavy atom. The zero-order chi connectivity index (χ0) is 14.7. The van der Waals surface area contributed by atoms with Crippen LogP contribution in [0.2, 0.25) is 0 Å². The number of aryl methyl sites for hydroxylation is 1. The van der Waals surface area contributed by atoms with Crippen LogP contribution in [0.3, 0.4) is 0 Å². The summed E-state index contributed by atoms with van der Waals surface area (Å²) in [5.41, 5.74) is 4.02. The number of hydrogen-bond donors (Lipinski definition) is 1. The van der Waals surface area contributed by atoms with Crippen molar-refractivity contribution in [2.45, 2.75) is 58.9 Å². The van der Waals surface area contributed by atoms with Crippen LogP contribution in [-0.2, 0) is 0 Å². The van der Waals surface area contributed by atoms with E-state index in [0.717, 1.165) is 12.3 Å². The second kappa shape index (κ2) is 6.62. The van der Waals surface area contributed by atoms with Gasteiger partial charge < -0.3 is 10.1 Å². The largest absolute Gasteiger partial charge is 0.496 e. The average molecular weight is 275 g/mol. The van der Waals surface area contributed by atoms with Crippen molar-refractivity contribution in [1.29, 1.82) is 0 Å². The second-order valence-electron chi connectivity index (χ2n) is 6.23. The molecule has 20 heavy (non-hydrogen) atoms. The normalized spacial score (nSPS) is 25.9.